The summed E-state index contributed by atoms with van der Waals surface area (Å²) in [6, 6.07) is 8.16. The van der Waals surface area contributed by atoms with E-state index in [0.29, 0.717) is 10.4 Å². The van der Waals surface area contributed by atoms with Crippen LogP contribution in [0.2, 0.25) is 0 Å². The van der Waals surface area contributed by atoms with Gasteiger partial charge >= 0.3 is 5.97 Å². The minimum Gasteiger partial charge on any atom is -0.468 e. The third-order valence-corrected chi connectivity index (χ3v) is 5.71. The number of benzene rings is 2. The highest BCUT2D eigenvalue weighted by Gasteiger charge is 2.17. The van der Waals surface area contributed by atoms with Crippen molar-refractivity contribution in [2.24, 2.45) is 4.99 Å². The molecule has 0 bridgehead atoms. The zero-order valence-electron chi connectivity index (χ0n) is 16.4. The number of methoxy groups -OCH3 is 1. The zero-order valence-corrected chi connectivity index (χ0v) is 17.2. The minimum absolute atomic E-state index is 0.0977. The number of esters is 1. The van der Waals surface area contributed by atoms with Gasteiger partial charge in [-0.2, -0.15) is 4.99 Å². The van der Waals surface area contributed by atoms with Crippen LogP contribution in [0.5, 0.6) is 0 Å². The molecule has 0 N–H and O–H groups in total. The number of carbonyl (C=O) groups excluding carboxylic acids is 2. The second kappa shape index (κ2) is 7.96. The van der Waals surface area contributed by atoms with Gasteiger partial charge < -0.3 is 9.30 Å². The maximum atomic E-state index is 12.7. The van der Waals surface area contributed by atoms with E-state index in [-0.39, 0.29) is 17.8 Å². The summed E-state index contributed by atoms with van der Waals surface area (Å²) >= 11 is 1.28. The summed E-state index contributed by atoms with van der Waals surface area (Å²) in [6.45, 7) is 5.40. The van der Waals surface area contributed by atoms with Gasteiger partial charge in [-0.15, -0.1) is 0 Å². The zero-order chi connectivity index (χ0) is 21.3. The van der Waals surface area contributed by atoms with Crippen molar-refractivity contribution in [2.75, 3.05) is 7.11 Å². The molecule has 0 saturated carbocycles. The molecular formula is C20H19N3O5S. The molecule has 0 aliphatic carbocycles. The molecule has 0 unspecified atom stereocenters. The van der Waals surface area contributed by atoms with E-state index in [2.05, 4.69) is 4.99 Å². The number of ether oxygens (including phenoxy) is 1. The fraction of sp³-hybridized carbons (Fsp3) is 0.250. The lowest BCUT2D eigenvalue weighted by Gasteiger charge is -2.05. The third kappa shape index (κ3) is 4.09. The normalized spacial score (nSPS) is 11.7. The number of carbonyl (C=O) groups is 2. The van der Waals surface area contributed by atoms with E-state index in [0.717, 1.165) is 21.3 Å². The molecular weight excluding hydrogens is 394 g/mol. The van der Waals surface area contributed by atoms with Crippen LogP contribution in [-0.2, 0) is 16.1 Å². The number of aromatic nitrogens is 1. The van der Waals surface area contributed by atoms with Crippen LogP contribution in [0, 0.1) is 30.9 Å². The Morgan fingerprint density at radius 3 is 2.55 bits per heavy atom. The minimum atomic E-state index is -0.618. The predicted molar refractivity (Wildman–Crippen MR) is 109 cm³/mol. The fourth-order valence-electron chi connectivity index (χ4n) is 3.03. The average molecular weight is 413 g/mol. The Kier molecular flexibility index (Phi) is 5.60. The smallest absolute Gasteiger partial charge is 0.325 e. The molecule has 8 nitrogen and oxygen atoms in total. The maximum absolute atomic E-state index is 12.7. The van der Waals surface area contributed by atoms with E-state index >= 15 is 0 Å². The lowest BCUT2D eigenvalue weighted by Crippen LogP contribution is -2.22. The van der Waals surface area contributed by atoms with Gasteiger partial charge in [-0.3, -0.25) is 19.7 Å². The molecule has 9 heteroatoms. The number of nitro groups is 1. The molecule has 0 atom stereocenters. The first kappa shape index (κ1) is 20.4. The number of nitro benzene ring substituents is 1. The molecule has 1 amide bonds. The number of nitrogens with zero attached hydrogens (tertiary/aromatic N) is 3. The van der Waals surface area contributed by atoms with E-state index < -0.39 is 16.8 Å². The summed E-state index contributed by atoms with van der Waals surface area (Å²) in [6.07, 6.45) is 0. The van der Waals surface area contributed by atoms with Gasteiger partial charge in [-0.1, -0.05) is 23.5 Å². The van der Waals surface area contributed by atoms with Crippen LogP contribution < -0.4 is 4.80 Å². The number of amides is 1. The van der Waals surface area contributed by atoms with Gasteiger partial charge in [0.15, 0.2) is 4.80 Å². The van der Waals surface area contributed by atoms with Crippen molar-refractivity contribution in [3.8, 4) is 0 Å². The van der Waals surface area contributed by atoms with Gasteiger partial charge in [-0.25, -0.2) is 0 Å². The molecule has 1 heterocycles. The first-order valence-corrected chi connectivity index (χ1v) is 9.54. The molecule has 0 aliphatic rings. The highest BCUT2D eigenvalue weighted by atomic mass is 32.1. The Morgan fingerprint density at radius 2 is 1.90 bits per heavy atom. The highest BCUT2D eigenvalue weighted by Crippen LogP contribution is 2.24. The number of hydrogen-bond acceptors (Lipinski definition) is 6. The predicted octanol–water partition coefficient (Wildman–Crippen LogP) is 3.45. The Bertz CT molecular complexity index is 1220. The van der Waals surface area contributed by atoms with Gasteiger partial charge in [0.25, 0.3) is 11.6 Å². The van der Waals surface area contributed by atoms with E-state index in [1.165, 1.54) is 36.6 Å². The lowest BCUT2D eigenvalue weighted by molar-refractivity contribution is -0.385. The molecule has 1 aromatic heterocycles. The second-order valence-electron chi connectivity index (χ2n) is 6.65. The molecule has 3 rings (SSSR count). The van der Waals surface area contributed by atoms with Crippen LogP contribution in [0.15, 0.2) is 35.3 Å². The van der Waals surface area contributed by atoms with Crippen molar-refractivity contribution >= 4 is 39.1 Å². The molecule has 150 valence electrons. The monoisotopic (exact) mass is 413 g/mol. The van der Waals surface area contributed by atoms with Crippen LogP contribution in [0.25, 0.3) is 10.2 Å². The van der Waals surface area contributed by atoms with Crippen molar-refractivity contribution in [1.29, 1.82) is 0 Å². The Balaban J connectivity index is 2.19. The third-order valence-electron chi connectivity index (χ3n) is 4.48. The lowest BCUT2D eigenvalue weighted by atomic mass is 10.1. The summed E-state index contributed by atoms with van der Waals surface area (Å²) in [5.41, 5.74) is 3.22. The summed E-state index contributed by atoms with van der Waals surface area (Å²) in [5.74, 6) is -1.09. The van der Waals surface area contributed by atoms with Crippen LogP contribution in [0.3, 0.4) is 0 Å². The molecule has 0 radical (unpaired) electrons. The van der Waals surface area contributed by atoms with Crippen molar-refractivity contribution in [2.45, 2.75) is 27.3 Å². The largest absolute Gasteiger partial charge is 0.468 e. The molecule has 3 aromatic rings. The van der Waals surface area contributed by atoms with Gasteiger partial charge in [-0.05, 0) is 44.0 Å². The van der Waals surface area contributed by atoms with E-state index in [4.69, 9.17) is 4.74 Å². The van der Waals surface area contributed by atoms with Crippen molar-refractivity contribution in [3.05, 3.63) is 67.5 Å². The number of aryl methyl sites for hydroxylation is 3. The van der Waals surface area contributed by atoms with E-state index in [1.807, 2.05) is 26.0 Å². The van der Waals surface area contributed by atoms with Crippen molar-refractivity contribution in [1.82, 2.24) is 4.57 Å². The van der Waals surface area contributed by atoms with Crippen LogP contribution in [0.1, 0.15) is 27.0 Å². The molecule has 2 aromatic carbocycles. The Morgan fingerprint density at radius 1 is 1.17 bits per heavy atom. The first-order valence-electron chi connectivity index (χ1n) is 8.72. The molecule has 0 spiro atoms. The SMILES string of the molecule is COC(=O)Cn1c(=NC(=O)c2ccc(C)c([N+](=O)[O-])c2)sc2c(C)cc(C)cc21. The van der Waals surface area contributed by atoms with Crippen molar-refractivity contribution < 1.29 is 19.2 Å². The molecule has 0 saturated heterocycles. The molecule has 0 fully saturated rings. The van der Waals surface area contributed by atoms with E-state index in [1.54, 1.807) is 11.5 Å². The van der Waals surface area contributed by atoms with Gasteiger partial charge in [0.05, 0.1) is 22.2 Å². The van der Waals surface area contributed by atoms with Crippen LogP contribution in [-0.4, -0.2) is 28.5 Å². The van der Waals surface area contributed by atoms with Crippen LogP contribution >= 0.6 is 11.3 Å². The standard InChI is InChI=1S/C20H19N3O5S/c1-11-7-13(3)18-16(8-11)22(10-17(24)28-4)20(29-18)21-19(25)14-6-5-12(2)15(9-14)23(26)27/h5-9H,10H2,1-4H3. The topological polar surface area (TPSA) is 104 Å². The van der Waals surface area contributed by atoms with Gasteiger partial charge in [0, 0.05) is 17.2 Å². The fourth-order valence-corrected chi connectivity index (χ4v) is 4.11. The second-order valence-corrected chi connectivity index (χ2v) is 7.63. The van der Waals surface area contributed by atoms with Crippen LogP contribution in [0.4, 0.5) is 5.69 Å². The quantitative estimate of drug-likeness (QED) is 0.370. The molecule has 29 heavy (non-hydrogen) atoms. The van der Waals surface area contributed by atoms with Gasteiger partial charge in [0.1, 0.15) is 6.54 Å². The summed E-state index contributed by atoms with van der Waals surface area (Å²) in [4.78, 5) is 39.8. The van der Waals surface area contributed by atoms with Crippen molar-refractivity contribution in [3.63, 3.8) is 0 Å². The maximum Gasteiger partial charge on any atom is 0.325 e. The number of rotatable bonds is 4. The molecule has 0 aliphatic heterocycles. The number of fused-ring (bicyclic) bond motifs is 1. The average Bonchev–Trinajstić information content (AvgIpc) is 2.99. The summed E-state index contributed by atoms with van der Waals surface area (Å²) in [7, 11) is 1.29. The Labute approximate surface area is 170 Å². The highest BCUT2D eigenvalue weighted by molar-refractivity contribution is 7.16. The van der Waals surface area contributed by atoms with E-state index in [9.17, 15) is 19.7 Å². The summed E-state index contributed by atoms with van der Waals surface area (Å²) in [5, 5.41) is 11.2. The first-order chi connectivity index (χ1) is 13.7. The number of thiazole rings is 1. The summed E-state index contributed by atoms with van der Waals surface area (Å²) < 4.78 is 7.31. The Hall–Kier alpha value is -3.33. The van der Waals surface area contributed by atoms with Gasteiger partial charge in [0.2, 0.25) is 0 Å². The number of hydrogen-bond donors (Lipinski definition) is 0.